The Morgan fingerprint density at radius 1 is 1.14 bits per heavy atom. The normalized spacial score (nSPS) is 9.07. The van der Waals surface area contributed by atoms with E-state index in [0.29, 0.717) is 0 Å². The van der Waals surface area contributed by atoms with Gasteiger partial charge in [-0.1, -0.05) is 13.8 Å². The molecular formula is C11H15N3. The van der Waals surface area contributed by atoms with E-state index in [4.69, 9.17) is 0 Å². The lowest BCUT2D eigenvalue weighted by molar-refractivity contribution is 1.29. The summed E-state index contributed by atoms with van der Waals surface area (Å²) in [5, 5.41) is 4.10. The molecule has 0 aliphatic rings. The van der Waals surface area contributed by atoms with Crippen LogP contribution in [0.2, 0.25) is 0 Å². The molecule has 74 valence electrons. The summed E-state index contributed by atoms with van der Waals surface area (Å²) in [7, 11) is 1.85. The molecule has 0 fully saturated rings. The zero-order valence-electron chi connectivity index (χ0n) is 8.78. The van der Waals surface area contributed by atoms with Crippen molar-refractivity contribution in [3.05, 3.63) is 30.6 Å². The van der Waals surface area contributed by atoms with Crippen molar-refractivity contribution in [1.82, 2.24) is 9.97 Å². The van der Waals surface area contributed by atoms with Crippen LogP contribution in [0, 0.1) is 0 Å². The van der Waals surface area contributed by atoms with Crippen molar-refractivity contribution >= 4 is 16.7 Å². The topological polar surface area (TPSA) is 37.8 Å². The molecule has 14 heavy (non-hydrogen) atoms. The van der Waals surface area contributed by atoms with Gasteiger partial charge in [-0.05, 0) is 18.2 Å². The van der Waals surface area contributed by atoms with Crippen LogP contribution in [0.4, 0.5) is 5.82 Å². The molecule has 2 aromatic heterocycles. The lowest BCUT2D eigenvalue weighted by Crippen LogP contribution is -1.91. The van der Waals surface area contributed by atoms with Crippen LogP contribution in [-0.2, 0) is 0 Å². The molecule has 0 aliphatic carbocycles. The van der Waals surface area contributed by atoms with Crippen LogP contribution < -0.4 is 5.32 Å². The lowest BCUT2D eigenvalue weighted by atomic mass is 10.3. The average molecular weight is 189 g/mol. The van der Waals surface area contributed by atoms with Crippen molar-refractivity contribution < 1.29 is 0 Å². The van der Waals surface area contributed by atoms with Crippen molar-refractivity contribution in [2.75, 3.05) is 12.4 Å². The highest BCUT2D eigenvalue weighted by Crippen LogP contribution is 2.12. The summed E-state index contributed by atoms with van der Waals surface area (Å²) in [5.41, 5.74) is 0.921. The summed E-state index contributed by atoms with van der Waals surface area (Å²) in [4.78, 5) is 8.32. The smallest absolute Gasteiger partial charge is 0.126 e. The second kappa shape index (κ2) is 5.17. The molecule has 3 nitrogen and oxygen atoms in total. The molecule has 0 bridgehead atoms. The Labute approximate surface area is 84.2 Å². The zero-order valence-corrected chi connectivity index (χ0v) is 8.78. The minimum Gasteiger partial charge on any atom is -0.373 e. The molecule has 2 rings (SSSR count). The van der Waals surface area contributed by atoms with Gasteiger partial charge in [-0.2, -0.15) is 0 Å². The standard InChI is InChI=1S/C9H9N3.C2H6/c1-10-9-3-2-7-4-5-11-6-8(7)12-9;1-2/h2-6H,1H3,(H,10,12);1-2H3. The van der Waals surface area contributed by atoms with E-state index in [-0.39, 0.29) is 0 Å². The Balaban J connectivity index is 0.000000461. The summed E-state index contributed by atoms with van der Waals surface area (Å²) >= 11 is 0. The third-order valence-corrected chi connectivity index (χ3v) is 1.75. The highest BCUT2D eigenvalue weighted by molar-refractivity contribution is 5.78. The van der Waals surface area contributed by atoms with E-state index in [1.165, 1.54) is 0 Å². The maximum Gasteiger partial charge on any atom is 0.126 e. The van der Waals surface area contributed by atoms with Gasteiger partial charge in [-0.3, -0.25) is 4.98 Å². The van der Waals surface area contributed by atoms with Crippen LogP contribution in [0.1, 0.15) is 13.8 Å². The second-order valence-corrected chi connectivity index (χ2v) is 2.51. The highest BCUT2D eigenvalue weighted by Gasteiger charge is 1.94. The van der Waals surface area contributed by atoms with Crippen LogP contribution in [0.25, 0.3) is 10.9 Å². The first-order valence-corrected chi connectivity index (χ1v) is 4.78. The third kappa shape index (κ3) is 2.19. The van der Waals surface area contributed by atoms with Crippen LogP contribution in [0.3, 0.4) is 0 Å². The zero-order chi connectivity index (χ0) is 10.4. The summed E-state index contributed by atoms with van der Waals surface area (Å²) in [6.07, 6.45) is 3.53. The minimum atomic E-state index is 0.871. The van der Waals surface area contributed by atoms with E-state index in [2.05, 4.69) is 15.3 Å². The van der Waals surface area contributed by atoms with E-state index in [1.807, 2.05) is 39.1 Å². The lowest BCUT2D eigenvalue weighted by Gasteiger charge is -1.99. The SMILES string of the molecule is CC.CNc1ccc2ccncc2n1. The largest absolute Gasteiger partial charge is 0.373 e. The first-order valence-electron chi connectivity index (χ1n) is 4.78. The number of aromatic nitrogens is 2. The fraction of sp³-hybridized carbons (Fsp3) is 0.273. The number of pyridine rings is 2. The first kappa shape index (κ1) is 10.4. The molecule has 1 N–H and O–H groups in total. The van der Waals surface area contributed by atoms with Gasteiger partial charge >= 0.3 is 0 Å². The molecule has 0 unspecified atom stereocenters. The molecule has 0 aliphatic heterocycles. The maximum atomic E-state index is 4.32. The summed E-state index contributed by atoms with van der Waals surface area (Å²) < 4.78 is 0. The molecule has 0 atom stereocenters. The van der Waals surface area contributed by atoms with Gasteiger partial charge in [0.15, 0.2) is 0 Å². The third-order valence-electron chi connectivity index (χ3n) is 1.75. The minimum absolute atomic E-state index is 0.871. The van der Waals surface area contributed by atoms with Gasteiger partial charge in [0.05, 0.1) is 11.7 Å². The van der Waals surface area contributed by atoms with Gasteiger partial charge in [0.1, 0.15) is 5.82 Å². The number of fused-ring (bicyclic) bond motifs is 1. The quantitative estimate of drug-likeness (QED) is 0.749. The molecular weight excluding hydrogens is 174 g/mol. The highest BCUT2D eigenvalue weighted by atomic mass is 15.0. The average Bonchev–Trinajstić information content (AvgIpc) is 2.31. The van der Waals surface area contributed by atoms with E-state index in [0.717, 1.165) is 16.7 Å². The van der Waals surface area contributed by atoms with E-state index in [9.17, 15) is 0 Å². The fourth-order valence-corrected chi connectivity index (χ4v) is 1.11. The first-order chi connectivity index (χ1) is 6.90. The molecule has 2 heterocycles. The second-order valence-electron chi connectivity index (χ2n) is 2.51. The maximum absolute atomic E-state index is 4.32. The van der Waals surface area contributed by atoms with Gasteiger partial charge < -0.3 is 5.32 Å². The van der Waals surface area contributed by atoms with Crippen LogP contribution in [0.15, 0.2) is 30.6 Å². The number of hydrogen-bond acceptors (Lipinski definition) is 3. The number of rotatable bonds is 1. The molecule has 0 aromatic carbocycles. The van der Waals surface area contributed by atoms with Crippen molar-refractivity contribution in [1.29, 1.82) is 0 Å². The van der Waals surface area contributed by atoms with E-state index >= 15 is 0 Å². The van der Waals surface area contributed by atoms with Gasteiger partial charge in [0.25, 0.3) is 0 Å². The van der Waals surface area contributed by atoms with Crippen molar-refractivity contribution in [3.63, 3.8) is 0 Å². The molecule has 2 aromatic rings. The van der Waals surface area contributed by atoms with Gasteiger partial charge in [-0.25, -0.2) is 4.98 Å². The molecule has 3 heteroatoms. The number of nitrogens with one attached hydrogen (secondary N) is 1. The fourth-order valence-electron chi connectivity index (χ4n) is 1.11. The molecule has 0 saturated heterocycles. The number of nitrogens with zero attached hydrogens (tertiary/aromatic N) is 2. The summed E-state index contributed by atoms with van der Waals surface area (Å²) in [6, 6.07) is 5.92. The number of anilines is 1. The summed E-state index contributed by atoms with van der Waals surface area (Å²) in [6.45, 7) is 4.00. The van der Waals surface area contributed by atoms with Crippen molar-refractivity contribution in [2.45, 2.75) is 13.8 Å². The van der Waals surface area contributed by atoms with Gasteiger partial charge in [0.2, 0.25) is 0 Å². The van der Waals surface area contributed by atoms with Gasteiger partial charge in [0, 0.05) is 18.6 Å². The monoisotopic (exact) mass is 189 g/mol. The number of hydrogen-bond donors (Lipinski definition) is 1. The Morgan fingerprint density at radius 3 is 2.64 bits per heavy atom. The Bertz CT molecular complexity index is 398. The predicted octanol–water partition coefficient (Wildman–Crippen LogP) is 2.70. The van der Waals surface area contributed by atoms with Crippen molar-refractivity contribution in [3.8, 4) is 0 Å². The Morgan fingerprint density at radius 2 is 1.93 bits per heavy atom. The molecule has 0 radical (unpaired) electrons. The predicted molar refractivity (Wildman–Crippen MR) is 60.4 cm³/mol. The summed E-state index contributed by atoms with van der Waals surface area (Å²) in [5.74, 6) is 0.871. The van der Waals surface area contributed by atoms with Crippen LogP contribution in [-0.4, -0.2) is 17.0 Å². The molecule has 0 amide bonds. The van der Waals surface area contributed by atoms with Crippen LogP contribution >= 0.6 is 0 Å². The Kier molecular flexibility index (Phi) is 3.85. The van der Waals surface area contributed by atoms with E-state index in [1.54, 1.807) is 12.4 Å². The Hall–Kier alpha value is -1.64. The molecule has 0 saturated carbocycles. The van der Waals surface area contributed by atoms with Crippen LogP contribution in [0.5, 0.6) is 0 Å². The van der Waals surface area contributed by atoms with Gasteiger partial charge in [-0.15, -0.1) is 0 Å². The molecule has 0 spiro atoms. The van der Waals surface area contributed by atoms with Crippen molar-refractivity contribution in [2.24, 2.45) is 0 Å². The van der Waals surface area contributed by atoms with E-state index < -0.39 is 0 Å².